The van der Waals surface area contributed by atoms with Crippen LogP contribution in [0, 0.1) is 48.8 Å². The van der Waals surface area contributed by atoms with E-state index < -0.39 is 0 Å². The van der Waals surface area contributed by atoms with Gasteiger partial charge in [-0.1, -0.05) is 6.92 Å². The first-order valence-corrected chi connectivity index (χ1v) is 4.23. The van der Waals surface area contributed by atoms with E-state index in [1.165, 1.54) is 5.56 Å². The second-order valence-electron chi connectivity index (χ2n) is 2.65. The summed E-state index contributed by atoms with van der Waals surface area (Å²) < 4.78 is 0. The van der Waals surface area contributed by atoms with Gasteiger partial charge in [-0.05, 0) is 0 Å². The molecule has 0 aromatic heterocycles. The molecule has 0 fully saturated rings. The molecule has 2 aromatic carbocycles. The second kappa shape index (κ2) is 84.2. The summed E-state index contributed by atoms with van der Waals surface area (Å²) in [6.45, 7) is 2.06. The van der Waals surface area contributed by atoms with Gasteiger partial charge in [0.1, 0.15) is 0 Å². The predicted molar refractivity (Wildman–Crippen MR) is 80.9 cm³/mol. The Hall–Kier alpha value is 6.43. The molecule has 0 atom stereocenters. The topological polar surface area (TPSA) is 0 Å². The van der Waals surface area contributed by atoms with Crippen molar-refractivity contribution >= 4 is 0 Å². The number of hydrogen-bond donors (Lipinski definition) is 0. The van der Waals surface area contributed by atoms with Gasteiger partial charge in [0.15, 0.2) is 0 Å². The van der Waals surface area contributed by atoms with Gasteiger partial charge in [-0.2, -0.15) is 72.3 Å². The van der Waals surface area contributed by atoms with E-state index in [2.05, 4.69) is 19.1 Å². The predicted octanol–water partition coefficient (Wildman–Crippen LogP) is 5.06. The third-order valence-corrected chi connectivity index (χ3v) is 1.49. The van der Waals surface area contributed by atoms with Gasteiger partial charge in [0, 0.05) is 243 Å². The molecule has 0 N–H and O–H groups in total. The molecule has 0 aliphatic carbocycles. The normalized spacial score (nSPS) is 3.89. The fourth-order valence-electron chi connectivity index (χ4n) is 0.812. The van der Waals surface area contributed by atoms with Crippen LogP contribution in [0.5, 0.6) is 0 Å². The molecule has 0 aliphatic heterocycles. The largest absolute Gasteiger partial charge is 0.358 e. The Morgan fingerprint density at radius 2 is 0.714 bits per heavy atom. The molecule has 161 valence electrons. The Bertz CT molecular complexity index is 302. The zero-order chi connectivity index (χ0) is 9.36. The number of hydrogen-bond acceptors (Lipinski definition) is 0. The van der Waals surface area contributed by atoms with Crippen LogP contribution in [0.3, 0.4) is 0 Å². The van der Waals surface area contributed by atoms with Gasteiger partial charge in [-0.3, -0.25) is 0 Å². The molecule has 11 heteroatoms. The minimum atomic E-state index is 0. The van der Waals surface area contributed by atoms with Crippen LogP contribution >= 0.6 is 0 Å². The standard InChI is InChI=1S/C7H7.C6H5.4CH3.10W.Y/c1-7-5-3-2-4-6-7;1-2-4-6-5-3-1;;;;;;;;;;;;;;;/h3-6H,1H3;1-5H;4*1H3;;;;;;;;;;;/q6*-1;;;;;;;;;;;. The van der Waals surface area contributed by atoms with Gasteiger partial charge in [-0.25, -0.2) is 0 Å². The number of rotatable bonds is 0. The molecular formula is C17H24W10Y-6. The van der Waals surface area contributed by atoms with Gasteiger partial charge in [0.05, 0.1) is 0 Å². The van der Waals surface area contributed by atoms with Crippen molar-refractivity contribution in [2.75, 3.05) is 0 Å². The maximum atomic E-state index is 2.93. The molecule has 2 rings (SSSR count). The van der Waals surface area contributed by atoms with Crippen molar-refractivity contribution in [2.45, 2.75) is 6.92 Å². The Kier molecular flexibility index (Phi) is 307. The van der Waals surface area contributed by atoms with E-state index in [0.717, 1.165) is 0 Å². The molecule has 0 unspecified atom stereocenters. The molecule has 0 amide bonds. The molecule has 2 aromatic rings. The Morgan fingerprint density at radius 3 is 0.821 bits per heavy atom. The molecule has 0 nitrogen and oxygen atoms in total. The van der Waals surface area contributed by atoms with Crippen LogP contribution < -0.4 is 0 Å². The molecule has 0 saturated carbocycles. The fourth-order valence-corrected chi connectivity index (χ4v) is 0.812. The Labute approximate surface area is 345 Å². The second-order valence-corrected chi connectivity index (χ2v) is 2.65. The van der Waals surface area contributed by atoms with Crippen LogP contribution in [0.4, 0.5) is 0 Å². The third-order valence-electron chi connectivity index (χ3n) is 1.49. The van der Waals surface area contributed by atoms with Crippen molar-refractivity contribution in [3.05, 3.63) is 102 Å². The van der Waals surface area contributed by atoms with Crippen LogP contribution in [0.15, 0.2) is 54.6 Å². The maximum absolute atomic E-state index is 2.93. The smallest absolute Gasteiger partial charge is 0 e. The average Bonchev–Trinajstić information content (AvgIpc) is 2.22. The van der Waals surface area contributed by atoms with E-state index in [9.17, 15) is 0 Å². The summed E-state index contributed by atoms with van der Waals surface area (Å²) in [5.74, 6) is 0. The number of aryl methyl sites for hydroxylation is 1. The van der Waals surface area contributed by atoms with E-state index in [1.54, 1.807) is 0 Å². The number of benzene rings is 2. The zero-order valence-electron chi connectivity index (χ0n) is 16.4. The van der Waals surface area contributed by atoms with E-state index in [0.29, 0.717) is 0 Å². The van der Waals surface area contributed by atoms with Crippen LogP contribution in [-0.4, -0.2) is 0 Å². The summed E-state index contributed by atoms with van der Waals surface area (Å²) in [6.07, 6.45) is 0. The molecule has 0 saturated heterocycles. The van der Waals surface area contributed by atoms with Gasteiger partial charge in [-0.15, -0.1) is 0 Å². The summed E-state index contributed by atoms with van der Waals surface area (Å²) in [6, 6.07) is 23.3. The summed E-state index contributed by atoms with van der Waals surface area (Å²) in [7, 11) is 0. The van der Waals surface area contributed by atoms with E-state index in [4.69, 9.17) is 0 Å². The maximum Gasteiger partial charge on any atom is 0 e. The summed E-state index contributed by atoms with van der Waals surface area (Å²) >= 11 is 0. The summed E-state index contributed by atoms with van der Waals surface area (Å²) in [5, 5.41) is 0. The molecular weight excluding hydrogens is 2130 g/mol. The van der Waals surface area contributed by atoms with Crippen LogP contribution in [0.1, 0.15) is 5.56 Å². The first-order valence-electron chi connectivity index (χ1n) is 4.23. The van der Waals surface area contributed by atoms with Gasteiger partial charge in [0.25, 0.3) is 0 Å². The fraction of sp³-hybridized carbons (Fsp3) is 0.0588. The molecule has 0 heterocycles. The van der Waals surface area contributed by atoms with Gasteiger partial charge < -0.3 is 29.7 Å². The van der Waals surface area contributed by atoms with Crippen LogP contribution in [0.25, 0.3) is 0 Å². The van der Waals surface area contributed by atoms with E-state index in [-0.39, 0.29) is 273 Å². The first kappa shape index (κ1) is 102. The van der Waals surface area contributed by atoms with Gasteiger partial charge in [0.2, 0.25) is 0 Å². The molecule has 0 spiro atoms. The van der Waals surface area contributed by atoms with Crippen molar-refractivity contribution in [2.24, 2.45) is 0 Å². The van der Waals surface area contributed by atoms with E-state index >= 15 is 0 Å². The summed E-state index contributed by atoms with van der Waals surface area (Å²) in [4.78, 5) is 0. The SMILES string of the molecule is Cc1cc[c-]cc1.[CH3-].[CH3-].[CH3-].[CH3-].[W].[W].[W].[W].[W].[W].[W].[W].[W].[W].[Y].[c-]1ccccc1. The third kappa shape index (κ3) is 76.8. The average molecular weight is 2160 g/mol. The molecule has 0 bridgehead atoms. The minimum Gasteiger partial charge on any atom is -0.358 e. The quantitative estimate of drug-likeness (QED) is 0.325. The van der Waals surface area contributed by atoms with Crippen molar-refractivity contribution in [3.63, 3.8) is 0 Å². The zero-order valence-corrected chi connectivity index (χ0v) is 48.5. The van der Waals surface area contributed by atoms with E-state index in [1.807, 2.05) is 54.6 Å². The van der Waals surface area contributed by atoms with Crippen LogP contribution in [-0.2, 0) is 243 Å². The van der Waals surface area contributed by atoms with Crippen molar-refractivity contribution in [1.82, 2.24) is 0 Å². The summed E-state index contributed by atoms with van der Waals surface area (Å²) in [5.41, 5.74) is 1.29. The van der Waals surface area contributed by atoms with Crippen molar-refractivity contribution < 1.29 is 243 Å². The molecule has 1 radical (unpaired) electrons. The Balaban J connectivity index is -0.00000000606. The molecule has 0 aliphatic rings. The van der Waals surface area contributed by atoms with Gasteiger partial charge >= 0.3 is 0 Å². The Morgan fingerprint density at radius 1 is 0.464 bits per heavy atom. The monoisotopic (exact) mass is 2160 g/mol. The van der Waals surface area contributed by atoms with Crippen LogP contribution in [0.2, 0.25) is 0 Å². The van der Waals surface area contributed by atoms with Crippen molar-refractivity contribution in [1.29, 1.82) is 0 Å². The van der Waals surface area contributed by atoms with Crippen molar-refractivity contribution in [3.8, 4) is 0 Å². The molecule has 28 heavy (non-hydrogen) atoms. The minimum absolute atomic E-state index is 0. The first-order chi connectivity index (χ1) is 6.39.